The Balaban J connectivity index is 2.23. The summed E-state index contributed by atoms with van der Waals surface area (Å²) in [7, 11) is 2.40. The highest BCUT2D eigenvalue weighted by Gasteiger charge is 2.49. The summed E-state index contributed by atoms with van der Waals surface area (Å²) in [6.45, 7) is 0. The van der Waals surface area contributed by atoms with Gasteiger partial charge >= 0.3 is 16.8 Å². The van der Waals surface area contributed by atoms with Crippen molar-refractivity contribution in [1.29, 1.82) is 0 Å². The number of ether oxygens (including phenoxy) is 2. The van der Waals surface area contributed by atoms with Crippen LogP contribution in [-0.4, -0.2) is 41.3 Å². The van der Waals surface area contributed by atoms with E-state index in [9.17, 15) is 24.5 Å². The molecule has 0 saturated heterocycles. The Labute approximate surface area is 160 Å². The lowest BCUT2D eigenvalue weighted by molar-refractivity contribution is -0.384. The van der Waals surface area contributed by atoms with Gasteiger partial charge in [-0.3, -0.25) is 24.5 Å². The first-order valence-electron chi connectivity index (χ1n) is 7.67. The number of aromatic amines is 1. The average Bonchev–Trinajstić information content (AvgIpc) is 3.04. The number of thioether (sulfide) groups is 1. The summed E-state index contributed by atoms with van der Waals surface area (Å²) in [6, 6.07) is 5.77. The Kier molecular flexibility index (Phi) is 5.33. The maximum absolute atomic E-state index is 12.6. The average molecular weight is 410 g/mol. The van der Waals surface area contributed by atoms with Crippen LogP contribution in [0.3, 0.4) is 0 Å². The van der Waals surface area contributed by atoms with E-state index in [1.165, 1.54) is 32.4 Å². The molecule has 1 N–H and O–H groups in total. The number of thiazole rings is 1. The summed E-state index contributed by atoms with van der Waals surface area (Å²) in [4.78, 5) is 50.2. The summed E-state index contributed by atoms with van der Waals surface area (Å²) >= 11 is 1.92. The molecule has 9 nitrogen and oxygen atoms in total. The molecule has 2 heterocycles. The third-order valence-electron chi connectivity index (χ3n) is 4.20. The number of fused-ring (bicyclic) bond motifs is 1. The highest BCUT2D eigenvalue weighted by atomic mass is 32.2. The molecule has 0 saturated carbocycles. The van der Waals surface area contributed by atoms with Gasteiger partial charge in [0.1, 0.15) is 5.25 Å². The van der Waals surface area contributed by atoms with E-state index in [-0.39, 0.29) is 10.6 Å². The second-order valence-electron chi connectivity index (χ2n) is 5.65. The molecule has 2 aromatic rings. The number of esters is 2. The number of non-ortho nitro benzene ring substituents is 1. The largest absolute Gasteiger partial charge is 0.469 e. The topological polar surface area (TPSA) is 129 Å². The number of nitrogens with one attached hydrogen (secondary N) is 1. The maximum atomic E-state index is 12.6. The normalized spacial score (nSPS) is 21.2. The SMILES string of the molecule is COC(=O)[C@H]1[C@H](c2cccc([N+](=O)[O-])c2)c2sc(=O)[nH]c2S[C@@H]1C(=O)OC. The molecule has 0 aliphatic carbocycles. The fraction of sp³-hybridized carbons (Fsp3) is 0.312. The zero-order valence-corrected chi connectivity index (χ0v) is 15.8. The van der Waals surface area contributed by atoms with Crippen molar-refractivity contribution < 1.29 is 24.0 Å². The first-order chi connectivity index (χ1) is 12.9. The molecule has 1 aliphatic rings. The lowest BCUT2D eigenvalue weighted by Gasteiger charge is -2.33. The second-order valence-corrected chi connectivity index (χ2v) is 7.81. The van der Waals surface area contributed by atoms with Gasteiger partial charge in [0.15, 0.2) is 0 Å². The molecule has 0 spiro atoms. The molecule has 27 heavy (non-hydrogen) atoms. The van der Waals surface area contributed by atoms with Gasteiger partial charge in [0.05, 0.1) is 30.1 Å². The highest BCUT2D eigenvalue weighted by molar-refractivity contribution is 8.00. The zero-order chi connectivity index (χ0) is 19.7. The molecule has 142 valence electrons. The molecule has 11 heteroatoms. The first-order valence-corrected chi connectivity index (χ1v) is 9.36. The van der Waals surface area contributed by atoms with Crippen molar-refractivity contribution in [2.75, 3.05) is 14.2 Å². The smallest absolute Gasteiger partial charge is 0.320 e. The number of rotatable bonds is 4. The van der Waals surface area contributed by atoms with E-state index in [1.54, 1.807) is 6.07 Å². The van der Waals surface area contributed by atoms with Crippen molar-refractivity contribution in [3.63, 3.8) is 0 Å². The Morgan fingerprint density at radius 3 is 2.56 bits per heavy atom. The lowest BCUT2D eigenvalue weighted by Crippen LogP contribution is -2.40. The number of nitro benzene ring substituents is 1. The molecule has 0 radical (unpaired) electrons. The molecule has 0 fully saturated rings. The Bertz CT molecular complexity index is 968. The third kappa shape index (κ3) is 3.47. The summed E-state index contributed by atoms with van der Waals surface area (Å²) in [5.41, 5.74) is 0.277. The fourth-order valence-corrected chi connectivity index (χ4v) is 5.55. The van der Waals surface area contributed by atoms with Crippen LogP contribution >= 0.6 is 23.1 Å². The number of nitrogens with zero attached hydrogens (tertiary/aromatic N) is 1. The van der Waals surface area contributed by atoms with E-state index in [4.69, 9.17) is 9.47 Å². The quantitative estimate of drug-likeness (QED) is 0.460. The zero-order valence-electron chi connectivity index (χ0n) is 14.2. The predicted molar refractivity (Wildman–Crippen MR) is 97.0 cm³/mol. The van der Waals surface area contributed by atoms with Crippen molar-refractivity contribution in [2.45, 2.75) is 16.2 Å². The van der Waals surface area contributed by atoms with E-state index in [2.05, 4.69) is 4.98 Å². The highest BCUT2D eigenvalue weighted by Crippen LogP contribution is 2.50. The summed E-state index contributed by atoms with van der Waals surface area (Å²) in [6.07, 6.45) is 0. The summed E-state index contributed by atoms with van der Waals surface area (Å²) in [5, 5.41) is 10.6. The number of hydrogen-bond donors (Lipinski definition) is 1. The van der Waals surface area contributed by atoms with Gasteiger partial charge in [0, 0.05) is 22.9 Å². The monoisotopic (exact) mass is 410 g/mol. The number of methoxy groups -OCH3 is 2. The molecule has 1 aromatic carbocycles. The van der Waals surface area contributed by atoms with Gasteiger partial charge in [-0.05, 0) is 5.56 Å². The maximum Gasteiger partial charge on any atom is 0.320 e. The van der Waals surface area contributed by atoms with Crippen LogP contribution in [0.2, 0.25) is 0 Å². The van der Waals surface area contributed by atoms with E-state index < -0.39 is 33.9 Å². The molecular weight excluding hydrogens is 396 g/mol. The van der Waals surface area contributed by atoms with Gasteiger partial charge in [-0.2, -0.15) is 0 Å². The summed E-state index contributed by atoms with van der Waals surface area (Å²) < 4.78 is 9.71. The van der Waals surface area contributed by atoms with Crippen molar-refractivity contribution in [3.05, 3.63) is 54.5 Å². The number of carbonyl (C=O) groups excluding carboxylic acids is 2. The summed E-state index contributed by atoms with van der Waals surface area (Å²) in [5.74, 6) is -3.08. The van der Waals surface area contributed by atoms with Crippen LogP contribution < -0.4 is 4.87 Å². The van der Waals surface area contributed by atoms with Crippen molar-refractivity contribution in [3.8, 4) is 0 Å². The number of H-pyrrole nitrogens is 1. The Hall–Kier alpha value is -2.66. The predicted octanol–water partition coefficient (Wildman–Crippen LogP) is 1.91. The Morgan fingerprint density at radius 2 is 1.93 bits per heavy atom. The van der Waals surface area contributed by atoms with Crippen LogP contribution in [0.4, 0.5) is 5.69 Å². The fourth-order valence-electron chi connectivity index (χ4n) is 3.05. The third-order valence-corrected chi connectivity index (χ3v) is 6.59. The van der Waals surface area contributed by atoms with E-state index >= 15 is 0 Å². The standard InChI is InChI=1S/C16H14N2O7S2/c1-24-14(19)10-9(7-4-3-5-8(6-7)18(22)23)11-13(17-16(21)27-11)26-12(10)15(20)25-2/h3-6,9-10,12H,1-2H3,(H,17,21)/t9-,10-,12-/m0/s1. The number of benzene rings is 1. The van der Waals surface area contributed by atoms with Gasteiger partial charge in [0.2, 0.25) is 0 Å². The van der Waals surface area contributed by atoms with Gasteiger partial charge in [-0.1, -0.05) is 35.2 Å². The minimum Gasteiger partial charge on any atom is -0.469 e. The molecule has 0 bridgehead atoms. The molecule has 1 aliphatic heterocycles. The van der Waals surface area contributed by atoms with Gasteiger partial charge < -0.3 is 14.5 Å². The number of aromatic nitrogens is 1. The van der Waals surface area contributed by atoms with Gasteiger partial charge in [-0.15, -0.1) is 0 Å². The molecule has 3 rings (SSSR count). The minimum absolute atomic E-state index is 0.159. The van der Waals surface area contributed by atoms with Crippen molar-refractivity contribution in [1.82, 2.24) is 4.98 Å². The first kappa shape index (κ1) is 19.1. The Morgan fingerprint density at radius 1 is 1.22 bits per heavy atom. The lowest BCUT2D eigenvalue weighted by atomic mass is 9.82. The van der Waals surface area contributed by atoms with Crippen LogP contribution in [0.5, 0.6) is 0 Å². The van der Waals surface area contributed by atoms with Gasteiger partial charge in [-0.25, -0.2) is 0 Å². The van der Waals surface area contributed by atoms with Crippen LogP contribution in [0.15, 0.2) is 34.1 Å². The van der Waals surface area contributed by atoms with Crippen LogP contribution in [0.25, 0.3) is 0 Å². The molecule has 0 amide bonds. The van der Waals surface area contributed by atoms with Crippen LogP contribution in [-0.2, 0) is 19.1 Å². The van der Waals surface area contributed by atoms with Crippen LogP contribution in [0, 0.1) is 16.0 Å². The molecule has 3 atom stereocenters. The van der Waals surface area contributed by atoms with Crippen LogP contribution in [0.1, 0.15) is 16.4 Å². The van der Waals surface area contributed by atoms with E-state index in [1.807, 2.05) is 0 Å². The molecular formula is C16H14N2O7S2. The molecule has 1 aromatic heterocycles. The number of carbonyl (C=O) groups is 2. The number of hydrogen-bond acceptors (Lipinski definition) is 9. The number of nitro groups is 1. The minimum atomic E-state index is -1.01. The van der Waals surface area contributed by atoms with Gasteiger partial charge in [0.25, 0.3) is 5.69 Å². The van der Waals surface area contributed by atoms with E-state index in [0.29, 0.717) is 15.5 Å². The second kappa shape index (κ2) is 7.53. The van der Waals surface area contributed by atoms with Crippen molar-refractivity contribution in [2.24, 2.45) is 5.92 Å². The molecule has 0 unspecified atom stereocenters. The van der Waals surface area contributed by atoms with Crippen molar-refractivity contribution >= 4 is 40.7 Å². The van der Waals surface area contributed by atoms with E-state index in [0.717, 1.165) is 23.1 Å².